The third-order valence-corrected chi connectivity index (χ3v) is 7.47. The van der Waals surface area contributed by atoms with Crippen molar-refractivity contribution in [1.82, 2.24) is 5.32 Å². The van der Waals surface area contributed by atoms with Crippen LogP contribution >= 0.6 is 39.3 Å². The van der Waals surface area contributed by atoms with Crippen LogP contribution in [0.25, 0.3) is 6.08 Å². The maximum atomic E-state index is 12.5. The molecule has 0 saturated carbocycles. The number of benzene rings is 3. The molecule has 0 aliphatic carbocycles. The van der Waals surface area contributed by atoms with Crippen molar-refractivity contribution in [2.45, 2.75) is 11.8 Å². The van der Waals surface area contributed by atoms with E-state index >= 15 is 0 Å². The molecule has 1 aliphatic rings. The number of aliphatic imine (C=N–C) groups is 1. The molecule has 1 N–H and O–H groups in total. The minimum atomic E-state index is -3.98. The minimum absolute atomic E-state index is 0.0664. The van der Waals surface area contributed by atoms with Crippen molar-refractivity contribution in [3.05, 3.63) is 92.3 Å². The second kappa shape index (κ2) is 9.72. The third-order valence-electron chi connectivity index (χ3n) is 4.45. The van der Waals surface area contributed by atoms with Crippen LogP contribution in [0.1, 0.15) is 11.1 Å². The number of rotatable bonds is 5. The molecular weight excluding hydrogens is 548 g/mol. The highest BCUT2D eigenvalue weighted by Crippen LogP contribution is 2.32. The number of thioether (sulfide) groups is 1. The number of carbonyl (C=O) groups excluding carboxylic acids is 1. The Kier molecular flexibility index (Phi) is 6.94. The van der Waals surface area contributed by atoms with Crippen LogP contribution in [0.3, 0.4) is 0 Å². The molecule has 1 amide bonds. The Balaban J connectivity index is 1.52. The van der Waals surface area contributed by atoms with Crippen LogP contribution < -0.4 is 9.50 Å². The highest BCUT2D eigenvalue weighted by Gasteiger charge is 2.24. The predicted molar refractivity (Wildman–Crippen MR) is 135 cm³/mol. The Hall–Kier alpha value is -2.59. The normalized spacial score (nSPS) is 16.3. The lowest BCUT2D eigenvalue weighted by Gasteiger charge is -2.09. The fourth-order valence-corrected chi connectivity index (χ4v) is 5.40. The van der Waals surface area contributed by atoms with E-state index < -0.39 is 10.1 Å². The number of hydrogen-bond acceptors (Lipinski definition) is 6. The van der Waals surface area contributed by atoms with Gasteiger partial charge in [0.1, 0.15) is 4.90 Å². The van der Waals surface area contributed by atoms with E-state index in [0.29, 0.717) is 30.8 Å². The molecule has 0 spiro atoms. The van der Waals surface area contributed by atoms with Crippen LogP contribution in [0.5, 0.6) is 5.75 Å². The zero-order chi connectivity index (χ0) is 23.6. The molecule has 0 unspecified atom stereocenters. The molecule has 1 fully saturated rings. The zero-order valence-corrected chi connectivity index (χ0v) is 21.1. The zero-order valence-electron chi connectivity index (χ0n) is 17.1. The molecule has 0 aromatic heterocycles. The van der Waals surface area contributed by atoms with Crippen LogP contribution in [0.15, 0.2) is 86.0 Å². The first kappa shape index (κ1) is 23.6. The van der Waals surface area contributed by atoms with Crippen molar-refractivity contribution >= 4 is 72.2 Å². The molecule has 1 heterocycles. The van der Waals surface area contributed by atoms with E-state index in [1.807, 2.05) is 6.92 Å². The highest BCUT2D eigenvalue weighted by molar-refractivity contribution is 9.10. The summed E-state index contributed by atoms with van der Waals surface area (Å²) in [7, 11) is -3.98. The molecule has 0 bridgehead atoms. The van der Waals surface area contributed by atoms with E-state index in [1.54, 1.807) is 54.6 Å². The topological polar surface area (TPSA) is 84.8 Å². The smallest absolute Gasteiger partial charge is 0.339 e. The average Bonchev–Trinajstić information content (AvgIpc) is 3.09. The van der Waals surface area contributed by atoms with Crippen LogP contribution in [0, 0.1) is 6.92 Å². The van der Waals surface area contributed by atoms with Crippen LogP contribution in [0.4, 0.5) is 5.69 Å². The van der Waals surface area contributed by atoms with Gasteiger partial charge in [-0.05, 0) is 88.7 Å². The lowest BCUT2D eigenvalue weighted by atomic mass is 10.2. The second-order valence-electron chi connectivity index (χ2n) is 7.00. The van der Waals surface area contributed by atoms with Crippen molar-refractivity contribution in [3.8, 4) is 5.75 Å². The van der Waals surface area contributed by atoms with E-state index in [0.717, 1.165) is 5.56 Å². The maximum absolute atomic E-state index is 12.5. The van der Waals surface area contributed by atoms with Gasteiger partial charge in [-0.2, -0.15) is 8.42 Å². The Morgan fingerprint density at radius 3 is 2.55 bits per heavy atom. The van der Waals surface area contributed by atoms with Gasteiger partial charge in [-0.3, -0.25) is 4.79 Å². The lowest BCUT2D eigenvalue weighted by molar-refractivity contribution is -0.115. The van der Waals surface area contributed by atoms with Crippen LogP contribution in [-0.4, -0.2) is 19.5 Å². The number of nitrogens with one attached hydrogen (secondary N) is 1. The molecule has 1 saturated heterocycles. The number of amidine groups is 1. The first-order valence-corrected chi connectivity index (χ1v) is 12.9. The summed E-state index contributed by atoms with van der Waals surface area (Å²) in [5.74, 6) is -0.136. The SMILES string of the molecule is Cc1ccc(S(=O)(=O)Oc2ccc(/C=C3/SC(=Nc4cccc(Cl)c4)NC3=O)cc2Br)cc1. The molecule has 0 atom stereocenters. The minimum Gasteiger partial charge on any atom is -0.378 e. The van der Waals surface area contributed by atoms with E-state index in [-0.39, 0.29) is 16.6 Å². The summed E-state index contributed by atoms with van der Waals surface area (Å²) in [4.78, 5) is 17.3. The molecule has 168 valence electrons. The molecule has 33 heavy (non-hydrogen) atoms. The first-order valence-electron chi connectivity index (χ1n) is 9.55. The van der Waals surface area contributed by atoms with Gasteiger partial charge < -0.3 is 9.50 Å². The van der Waals surface area contributed by atoms with Gasteiger partial charge in [0.15, 0.2) is 10.9 Å². The lowest BCUT2D eigenvalue weighted by Crippen LogP contribution is -2.19. The van der Waals surface area contributed by atoms with Crippen molar-refractivity contribution in [3.63, 3.8) is 0 Å². The molecule has 10 heteroatoms. The van der Waals surface area contributed by atoms with Gasteiger partial charge in [-0.15, -0.1) is 0 Å². The van der Waals surface area contributed by atoms with Gasteiger partial charge in [0.25, 0.3) is 5.91 Å². The molecular formula is C23H16BrClN2O4S2. The van der Waals surface area contributed by atoms with Crippen molar-refractivity contribution in [1.29, 1.82) is 0 Å². The van der Waals surface area contributed by atoms with E-state index in [1.165, 1.54) is 30.0 Å². The summed E-state index contributed by atoms with van der Waals surface area (Å²) in [5.41, 5.74) is 2.26. The summed E-state index contributed by atoms with van der Waals surface area (Å²) in [6, 6.07) is 18.3. The van der Waals surface area contributed by atoms with Crippen LogP contribution in [0.2, 0.25) is 5.02 Å². The molecule has 4 rings (SSSR count). The fourth-order valence-electron chi connectivity index (χ4n) is 2.84. The fraction of sp³-hybridized carbons (Fsp3) is 0.0435. The molecule has 3 aromatic carbocycles. The number of carbonyl (C=O) groups is 1. The monoisotopic (exact) mass is 562 g/mol. The van der Waals surface area contributed by atoms with Crippen molar-refractivity contribution in [2.75, 3.05) is 0 Å². The summed E-state index contributed by atoms with van der Waals surface area (Å²) >= 11 is 10.5. The van der Waals surface area contributed by atoms with E-state index in [4.69, 9.17) is 15.8 Å². The number of halogens is 2. The molecule has 1 aliphatic heterocycles. The third kappa shape index (κ3) is 5.86. The second-order valence-corrected chi connectivity index (χ2v) is 10.9. The number of hydrogen-bond donors (Lipinski definition) is 1. The summed E-state index contributed by atoms with van der Waals surface area (Å²) < 4.78 is 30.8. The highest BCUT2D eigenvalue weighted by atomic mass is 79.9. The van der Waals surface area contributed by atoms with E-state index in [9.17, 15) is 13.2 Å². The molecule has 0 radical (unpaired) electrons. The summed E-state index contributed by atoms with van der Waals surface area (Å²) in [6.07, 6.45) is 1.68. The number of amides is 1. The Morgan fingerprint density at radius 2 is 1.85 bits per heavy atom. The summed E-state index contributed by atoms with van der Waals surface area (Å²) in [5, 5.41) is 3.71. The van der Waals surface area contributed by atoms with Crippen LogP contribution in [-0.2, 0) is 14.9 Å². The Labute approximate surface area is 209 Å². The van der Waals surface area contributed by atoms with Gasteiger partial charge in [0.2, 0.25) is 0 Å². The quantitative estimate of drug-likeness (QED) is 0.301. The maximum Gasteiger partial charge on any atom is 0.339 e. The van der Waals surface area contributed by atoms with E-state index in [2.05, 4.69) is 26.2 Å². The van der Waals surface area contributed by atoms with Gasteiger partial charge >= 0.3 is 10.1 Å². The standard InChI is InChI=1S/C23H16BrClN2O4S2/c1-14-5-8-18(9-6-14)33(29,30)31-20-10-7-15(11-19(20)24)12-21-22(28)27-23(32-21)26-17-4-2-3-16(25)13-17/h2-13H,1H3,(H,26,27,28)/b21-12+. The number of aryl methyl sites for hydroxylation is 1. The van der Waals surface area contributed by atoms with Gasteiger partial charge in [0, 0.05) is 5.02 Å². The molecule has 3 aromatic rings. The largest absolute Gasteiger partial charge is 0.378 e. The molecule has 6 nitrogen and oxygen atoms in total. The van der Waals surface area contributed by atoms with Crippen molar-refractivity contribution in [2.24, 2.45) is 4.99 Å². The number of nitrogens with zero attached hydrogens (tertiary/aromatic N) is 1. The average molecular weight is 564 g/mol. The predicted octanol–water partition coefficient (Wildman–Crippen LogP) is 6.07. The summed E-state index contributed by atoms with van der Waals surface area (Å²) in [6.45, 7) is 1.87. The first-order chi connectivity index (χ1) is 15.7. The van der Waals surface area contributed by atoms with Gasteiger partial charge in [-0.1, -0.05) is 41.4 Å². The Morgan fingerprint density at radius 1 is 1.09 bits per heavy atom. The van der Waals surface area contributed by atoms with Gasteiger partial charge in [-0.25, -0.2) is 4.99 Å². The van der Waals surface area contributed by atoms with Crippen molar-refractivity contribution < 1.29 is 17.4 Å². The van der Waals surface area contributed by atoms with Gasteiger partial charge in [0.05, 0.1) is 15.1 Å². The Bertz CT molecular complexity index is 1400.